The van der Waals surface area contributed by atoms with Gasteiger partial charge in [-0.3, -0.25) is 4.79 Å². The quantitative estimate of drug-likeness (QED) is 0.886. The third kappa shape index (κ3) is 4.67. The summed E-state index contributed by atoms with van der Waals surface area (Å²) in [7, 11) is 1.84. The molecule has 0 radical (unpaired) electrons. The molecule has 1 atom stereocenters. The Hall–Kier alpha value is -1.35. The first-order valence-electron chi connectivity index (χ1n) is 6.87. The fourth-order valence-corrected chi connectivity index (χ4v) is 1.96. The molecule has 0 bridgehead atoms. The van der Waals surface area contributed by atoms with E-state index in [0.717, 1.165) is 0 Å². The van der Waals surface area contributed by atoms with Crippen molar-refractivity contribution in [2.24, 2.45) is 11.7 Å². The van der Waals surface area contributed by atoms with E-state index in [4.69, 9.17) is 5.73 Å². The van der Waals surface area contributed by atoms with E-state index in [0.29, 0.717) is 18.9 Å². The number of carbonyl (C=O) groups is 1. The van der Waals surface area contributed by atoms with E-state index in [2.05, 4.69) is 32.0 Å². The highest BCUT2D eigenvalue weighted by molar-refractivity contribution is 5.76. The van der Waals surface area contributed by atoms with Gasteiger partial charge in [0.1, 0.15) is 0 Å². The molecule has 0 fully saturated rings. The number of benzene rings is 1. The van der Waals surface area contributed by atoms with Gasteiger partial charge in [0.15, 0.2) is 0 Å². The molecule has 3 nitrogen and oxygen atoms in total. The van der Waals surface area contributed by atoms with Crippen LogP contribution in [0.25, 0.3) is 0 Å². The SMILES string of the molecule is Cc1ccc(CN(C)C(=O)CC(N)C(C)C)c(C)c1. The first kappa shape index (κ1) is 15.7. The third-order valence-electron chi connectivity index (χ3n) is 3.60. The van der Waals surface area contributed by atoms with E-state index in [1.807, 2.05) is 20.9 Å². The average Bonchev–Trinajstić information content (AvgIpc) is 2.32. The van der Waals surface area contributed by atoms with Gasteiger partial charge in [-0.15, -0.1) is 0 Å². The van der Waals surface area contributed by atoms with Gasteiger partial charge < -0.3 is 10.6 Å². The van der Waals surface area contributed by atoms with Crippen LogP contribution in [0.2, 0.25) is 0 Å². The lowest BCUT2D eigenvalue weighted by Crippen LogP contribution is -2.35. The van der Waals surface area contributed by atoms with Crippen LogP contribution in [-0.2, 0) is 11.3 Å². The molecule has 1 unspecified atom stereocenters. The predicted molar refractivity (Wildman–Crippen MR) is 79.8 cm³/mol. The lowest BCUT2D eigenvalue weighted by atomic mass is 10.0. The van der Waals surface area contributed by atoms with E-state index in [-0.39, 0.29) is 11.9 Å². The minimum absolute atomic E-state index is 0.0611. The fourth-order valence-electron chi connectivity index (χ4n) is 1.96. The number of carbonyl (C=O) groups excluding carboxylic acids is 1. The first-order valence-corrected chi connectivity index (χ1v) is 6.87. The summed E-state index contributed by atoms with van der Waals surface area (Å²) in [6.45, 7) is 8.90. The second-order valence-electron chi connectivity index (χ2n) is 5.79. The van der Waals surface area contributed by atoms with Gasteiger partial charge in [0.25, 0.3) is 0 Å². The van der Waals surface area contributed by atoms with E-state index in [1.54, 1.807) is 4.90 Å². The second-order valence-corrected chi connectivity index (χ2v) is 5.79. The van der Waals surface area contributed by atoms with Crippen LogP contribution in [0.15, 0.2) is 18.2 Å². The second kappa shape index (κ2) is 6.71. The average molecular weight is 262 g/mol. The van der Waals surface area contributed by atoms with Crippen molar-refractivity contribution in [3.05, 3.63) is 34.9 Å². The van der Waals surface area contributed by atoms with E-state index < -0.39 is 0 Å². The monoisotopic (exact) mass is 262 g/mol. The Labute approximate surface area is 116 Å². The van der Waals surface area contributed by atoms with Crippen LogP contribution in [0.5, 0.6) is 0 Å². The third-order valence-corrected chi connectivity index (χ3v) is 3.60. The van der Waals surface area contributed by atoms with Gasteiger partial charge in [-0.1, -0.05) is 37.6 Å². The van der Waals surface area contributed by atoms with Crippen molar-refractivity contribution >= 4 is 5.91 Å². The molecule has 0 saturated heterocycles. The van der Waals surface area contributed by atoms with Crippen molar-refractivity contribution in [2.45, 2.75) is 46.7 Å². The number of hydrogen-bond donors (Lipinski definition) is 1. The molecule has 0 aromatic heterocycles. The Bertz CT molecular complexity index is 440. The lowest BCUT2D eigenvalue weighted by molar-refractivity contribution is -0.131. The molecule has 19 heavy (non-hydrogen) atoms. The Morgan fingerprint density at radius 3 is 2.47 bits per heavy atom. The number of aryl methyl sites for hydroxylation is 2. The normalized spacial score (nSPS) is 12.6. The van der Waals surface area contributed by atoms with Crippen molar-refractivity contribution in [3.8, 4) is 0 Å². The van der Waals surface area contributed by atoms with Crippen LogP contribution in [0.1, 0.15) is 37.0 Å². The van der Waals surface area contributed by atoms with Crippen LogP contribution >= 0.6 is 0 Å². The van der Waals surface area contributed by atoms with Crippen molar-refractivity contribution < 1.29 is 4.79 Å². The zero-order valence-corrected chi connectivity index (χ0v) is 12.7. The summed E-state index contributed by atoms with van der Waals surface area (Å²) in [5, 5.41) is 0. The van der Waals surface area contributed by atoms with Crippen molar-refractivity contribution in [1.29, 1.82) is 0 Å². The van der Waals surface area contributed by atoms with Crippen molar-refractivity contribution in [1.82, 2.24) is 4.90 Å². The first-order chi connectivity index (χ1) is 8.81. The molecule has 0 heterocycles. The minimum Gasteiger partial charge on any atom is -0.341 e. The Balaban J connectivity index is 2.63. The van der Waals surface area contributed by atoms with Gasteiger partial charge in [0.05, 0.1) is 0 Å². The molecule has 1 amide bonds. The van der Waals surface area contributed by atoms with E-state index in [1.165, 1.54) is 16.7 Å². The van der Waals surface area contributed by atoms with Crippen LogP contribution in [0.3, 0.4) is 0 Å². The highest BCUT2D eigenvalue weighted by Crippen LogP contribution is 2.13. The van der Waals surface area contributed by atoms with E-state index in [9.17, 15) is 4.79 Å². The van der Waals surface area contributed by atoms with Crippen LogP contribution in [0.4, 0.5) is 0 Å². The number of nitrogens with zero attached hydrogens (tertiary/aromatic N) is 1. The standard InChI is InChI=1S/C16H26N2O/c1-11(2)15(17)9-16(19)18(5)10-14-7-6-12(3)8-13(14)4/h6-8,11,15H,9-10,17H2,1-5H3. The van der Waals surface area contributed by atoms with Crippen molar-refractivity contribution in [2.75, 3.05) is 7.05 Å². The predicted octanol–water partition coefficient (Wildman–Crippen LogP) is 2.64. The highest BCUT2D eigenvalue weighted by atomic mass is 16.2. The maximum absolute atomic E-state index is 12.1. The Morgan fingerprint density at radius 2 is 1.95 bits per heavy atom. The van der Waals surface area contributed by atoms with Gasteiger partial charge in [-0.05, 0) is 30.9 Å². The summed E-state index contributed by atoms with van der Waals surface area (Å²) in [4.78, 5) is 13.9. The largest absolute Gasteiger partial charge is 0.341 e. The minimum atomic E-state index is -0.0611. The molecule has 0 aliphatic carbocycles. The Morgan fingerprint density at radius 1 is 1.32 bits per heavy atom. The zero-order valence-electron chi connectivity index (χ0n) is 12.7. The van der Waals surface area contributed by atoms with Crippen LogP contribution in [0, 0.1) is 19.8 Å². The van der Waals surface area contributed by atoms with Gasteiger partial charge >= 0.3 is 0 Å². The molecular weight excluding hydrogens is 236 g/mol. The molecule has 0 aliphatic heterocycles. The summed E-state index contributed by atoms with van der Waals surface area (Å²) in [6.07, 6.45) is 0.416. The van der Waals surface area contributed by atoms with Gasteiger partial charge in [-0.25, -0.2) is 0 Å². The van der Waals surface area contributed by atoms with Gasteiger partial charge in [0.2, 0.25) is 5.91 Å². The van der Waals surface area contributed by atoms with Gasteiger partial charge in [-0.2, -0.15) is 0 Å². The molecule has 0 aliphatic rings. The van der Waals surface area contributed by atoms with Crippen molar-refractivity contribution in [3.63, 3.8) is 0 Å². The summed E-state index contributed by atoms with van der Waals surface area (Å²) in [5.74, 6) is 0.444. The summed E-state index contributed by atoms with van der Waals surface area (Å²) in [5.41, 5.74) is 9.62. The number of rotatable bonds is 5. The Kier molecular flexibility index (Phi) is 5.55. The maximum Gasteiger partial charge on any atom is 0.224 e. The molecule has 2 N–H and O–H groups in total. The molecule has 3 heteroatoms. The number of amides is 1. The number of hydrogen-bond acceptors (Lipinski definition) is 2. The summed E-state index contributed by atoms with van der Waals surface area (Å²) in [6, 6.07) is 6.26. The molecule has 0 saturated carbocycles. The molecule has 0 spiro atoms. The molecule has 1 rings (SSSR count). The maximum atomic E-state index is 12.1. The summed E-state index contributed by atoms with van der Waals surface area (Å²) >= 11 is 0. The fraction of sp³-hybridized carbons (Fsp3) is 0.562. The molecular formula is C16H26N2O. The number of nitrogens with two attached hydrogens (primary N) is 1. The smallest absolute Gasteiger partial charge is 0.224 e. The molecule has 1 aromatic carbocycles. The summed E-state index contributed by atoms with van der Waals surface area (Å²) < 4.78 is 0. The van der Waals surface area contributed by atoms with Gasteiger partial charge in [0, 0.05) is 26.1 Å². The zero-order chi connectivity index (χ0) is 14.6. The van der Waals surface area contributed by atoms with E-state index >= 15 is 0 Å². The lowest BCUT2D eigenvalue weighted by Gasteiger charge is -2.22. The van der Waals surface area contributed by atoms with Crippen LogP contribution < -0.4 is 5.73 Å². The highest BCUT2D eigenvalue weighted by Gasteiger charge is 2.16. The van der Waals surface area contributed by atoms with Crippen LogP contribution in [-0.4, -0.2) is 23.9 Å². The molecule has 106 valence electrons. The topological polar surface area (TPSA) is 46.3 Å². The molecule has 1 aromatic rings.